The Bertz CT molecular complexity index is 421. The van der Waals surface area contributed by atoms with Crippen LogP contribution < -0.4 is 5.32 Å². The highest BCUT2D eigenvalue weighted by atomic mass is 32.2. The van der Waals surface area contributed by atoms with Crippen molar-refractivity contribution in [3.05, 3.63) is 24.2 Å². The smallest absolute Gasteiger partial charge is 0.254 e. The molecule has 1 atom stereocenters. The van der Waals surface area contributed by atoms with Gasteiger partial charge in [0.05, 0.1) is 11.8 Å². The summed E-state index contributed by atoms with van der Waals surface area (Å²) in [5.74, 6) is 3.23. The molecule has 2 fully saturated rings. The first-order valence-corrected chi connectivity index (χ1v) is 8.60. The van der Waals surface area contributed by atoms with E-state index in [1.54, 1.807) is 6.07 Å². The third kappa shape index (κ3) is 3.38. The van der Waals surface area contributed by atoms with Crippen LogP contribution in [-0.4, -0.2) is 48.0 Å². The van der Waals surface area contributed by atoms with Crippen LogP contribution in [0.2, 0.25) is 0 Å². The van der Waals surface area contributed by atoms with E-state index in [1.165, 1.54) is 56.4 Å². The third-order valence-electron chi connectivity index (χ3n) is 4.41. The lowest BCUT2D eigenvalue weighted by atomic mass is 9.95. The summed E-state index contributed by atoms with van der Waals surface area (Å²) >= 11 is 2.08. The highest BCUT2D eigenvalue weighted by Gasteiger charge is 2.27. The summed E-state index contributed by atoms with van der Waals surface area (Å²) in [6.07, 6.45) is 6.79. The van der Waals surface area contributed by atoms with Crippen LogP contribution in [0.1, 0.15) is 29.6 Å². The molecule has 3 rings (SSSR count). The number of nitrogens with zero attached hydrogens (tertiary/aromatic N) is 1. The Morgan fingerprint density at radius 1 is 1.40 bits per heavy atom. The fourth-order valence-corrected chi connectivity index (χ4v) is 4.32. The fourth-order valence-electron chi connectivity index (χ4n) is 3.07. The minimum absolute atomic E-state index is 0.0200. The van der Waals surface area contributed by atoms with E-state index in [-0.39, 0.29) is 5.91 Å². The molecule has 110 valence electrons. The maximum atomic E-state index is 11.8. The van der Waals surface area contributed by atoms with E-state index in [0.29, 0.717) is 11.5 Å². The van der Waals surface area contributed by atoms with Gasteiger partial charge in [-0.1, -0.05) is 0 Å². The van der Waals surface area contributed by atoms with Crippen LogP contribution in [0.4, 0.5) is 0 Å². The van der Waals surface area contributed by atoms with Crippen molar-refractivity contribution < 1.29 is 9.21 Å². The van der Waals surface area contributed by atoms with E-state index < -0.39 is 0 Å². The monoisotopic (exact) mass is 294 g/mol. The molecule has 3 heterocycles. The number of likely N-dealkylation sites (tertiary alicyclic amines) is 1. The number of carbonyl (C=O) groups is 1. The molecule has 20 heavy (non-hydrogen) atoms. The van der Waals surface area contributed by atoms with Gasteiger partial charge in [-0.3, -0.25) is 9.69 Å². The molecule has 2 aliphatic heterocycles. The van der Waals surface area contributed by atoms with Gasteiger partial charge in [-0.05, 0) is 50.1 Å². The molecule has 0 aromatic carbocycles. The average Bonchev–Trinajstić information content (AvgIpc) is 3.18. The highest BCUT2D eigenvalue weighted by Crippen LogP contribution is 2.26. The Balaban J connectivity index is 1.39. The molecule has 0 radical (unpaired) electrons. The zero-order chi connectivity index (χ0) is 13.8. The van der Waals surface area contributed by atoms with Crippen LogP contribution in [0.15, 0.2) is 23.0 Å². The van der Waals surface area contributed by atoms with E-state index in [2.05, 4.69) is 22.0 Å². The van der Waals surface area contributed by atoms with Crippen LogP contribution >= 0.6 is 11.8 Å². The highest BCUT2D eigenvalue weighted by molar-refractivity contribution is 7.99. The van der Waals surface area contributed by atoms with Crippen molar-refractivity contribution in [3.8, 4) is 0 Å². The van der Waals surface area contributed by atoms with E-state index >= 15 is 0 Å². The van der Waals surface area contributed by atoms with Crippen molar-refractivity contribution in [2.75, 3.05) is 31.1 Å². The summed E-state index contributed by atoms with van der Waals surface area (Å²) in [7, 11) is 0. The van der Waals surface area contributed by atoms with E-state index in [0.717, 1.165) is 12.6 Å². The topological polar surface area (TPSA) is 45.5 Å². The van der Waals surface area contributed by atoms with Gasteiger partial charge in [-0.25, -0.2) is 0 Å². The van der Waals surface area contributed by atoms with Crippen molar-refractivity contribution in [3.63, 3.8) is 0 Å². The first-order valence-electron chi connectivity index (χ1n) is 7.45. The Hall–Kier alpha value is -0.940. The molecule has 1 N–H and O–H groups in total. The number of piperidine rings is 1. The molecule has 0 bridgehead atoms. The van der Waals surface area contributed by atoms with Crippen LogP contribution in [0.25, 0.3) is 0 Å². The second-order valence-electron chi connectivity index (χ2n) is 5.72. The lowest BCUT2D eigenvalue weighted by molar-refractivity contribution is 0.0927. The molecular formula is C15H22N2O2S. The fraction of sp³-hybridized carbons (Fsp3) is 0.667. The normalized spacial score (nSPS) is 24.9. The lowest BCUT2D eigenvalue weighted by Gasteiger charge is -2.35. The molecule has 0 unspecified atom stereocenters. The maximum Gasteiger partial charge on any atom is 0.254 e. The predicted octanol–water partition coefficient (Wildman–Crippen LogP) is 2.23. The quantitative estimate of drug-likeness (QED) is 0.925. The van der Waals surface area contributed by atoms with E-state index in [9.17, 15) is 4.79 Å². The Kier molecular flexibility index (Phi) is 4.68. The van der Waals surface area contributed by atoms with Gasteiger partial charge in [0.15, 0.2) is 0 Å². The SMILES string of the molecule is O=C(NCC1CCN([C@H]2CCSC2)CC1)c1ccoc1. The van der Waals surface area contributed by atoms with Gasteiger partial charge in [0, 0.05) is 18.3 Å². The maximum absolute atomic E-state index is 11.8. The van der Waals surface area contributed by atoms with Gasteiger partial charge in [-0.15, -0.1) is 0 Å². The van der Waals surface area contributed by atoms with Gasteiger partial charge < -0.3 is 9.73 Å². The van der Waals surface area contributed by atoms with Crippen molar-refractivity contribution in [1.29, 1.82) is 0 Å². The van der Waals surface area contributed by atoms with Crippen LogP contribution in [0, 0.1) is 5.92 Å². The molecule has 5 heteroatoms. The predicted molar refractivity (Wildman–Crippen MR) is 81.1 cm³/mol. The number of nitrogens with one attached hydrogen (secondary N) is 1. The van der Waals surface area contributed by atoms with Gasteiger partial charge in [0.25, 0.3) is 5.91 Å². The molecule has 2 saturated heterocycles. The Labute approximate surface area is 124 Å². The number of rotatable bonds is 4. The zero-order valence-corrected chi connectivity index (χ0v) is 12.5. The molecule has 1 amide bonds. The summed E-state index contributed by atoms with van der Waals surface area (Å²) in [5.41, 5.74) is 0.616. The molecule has 1 aromatic heterocycles. The summed E-state index contributed by atoms with van der Waals surface area (Å²) < 4.78 is 4.93. The molecule has 4 nitrogen and oxygen atoms in total. The first-order chi connectivity index (χ1) is 9.83. The molecule has 0 spiro atoms. The Morgan fingerprint density at radius 3 is 2.90 bits per heavy atom. The second-order valence-corrected chi connectivity index (χ2v) is 6.87. The zero-order valence-electron chi connectivity index (χ0n) is 11.7. The number of furan rings is 1. The summed E-state index contributed by atoms with van der Waals surface area (Å²) in [6.45, 7) is 3.17. The number of hydrogen-bond donors (Lipinski definition) is 1. The standard InChI is InChI=1S/C15H22N2O2S/c18-15(13-3-7-19-10-13)16-9-12-1-5-17(6-2-12)14-4-8-20-11-14/h3,7,10,12,14H,1-2,4-6,8-9,11H2,(H,16,18)/t14-/m0/s1. The van der Waals surface area contributed by atoms with Gasteiger partial charge in [0.2, 0.25) is 0 Å². The van der Waals surface area contributed by atoms with Crippen molar-refractivity contribution in [2.45, 2.75) is 25.3 Å². The number of amides is 1. The molecule has 1 aromatic rings. The number of thioether (sulfide) groups is 1. The van der Waals surface area contributed by atoms with Crippen molar-refractivity contribution in [2.24, 2.45) is 5.92 Å². The van der Waals surface area contributed by atoms with E-state index in [1.807, 2.05) is 0 Å². The molecule has 0 saturated carbocycles. The van der Waals surface area contributed by atoms with Gasteiger partial charge in [0.1, 0.15) is 6.26 Å². The molecular weight excluding hydrogens is 272 g/mol. The second kappa shape index (κ2) is 6.68. The minimum Gasteiger partial charge on any atom is -0.472 e. The summed E-state index contributed by atoms with van der Waals surface area (Å²) in [4.78, 5) is 14.5. The largest absolute Gasteiger partial charge is 0.472 e. The molecule has 0 aliphatic carbocycles. The van der Waals surface area contributed by atoms with Crippen LogP contribution in [0.5, 0.6) is 0 Å². The van der Waals surface area contributed by atoms with Crippen LogP contribution in [0.3, 0.4) is 0 Å². The Morgan fingerprint density at radius 2 is 2.25 bits per heavy atom. The van der Waals surface area contributed by atoms with Crippen molar-refractivity contribution in [1.82, 2.24) is 10.2 Å². The van der Waals surface area contributed by atoms with Crippen molar-refractivity contribution >= 4 is 17.7 Å². The molecule has 2 aliphatic rings. The first kappa shape index (κ1) is 14.0. The minimum atomic E-state index is -0.0200. The number of hydrogen-bond acceptors (Lipinski definition) is 4. The van der Waals surface area contributed by atoms with E-state index in [4.69, 9.17) is 4.42 Å². The van der Waals surface area contributed by atoms with Crippen LogP contribution in [-0.2, 0) is 0 Å². The summed E-state index contributed by atoms with van der Waals surface area (Å²) in [5, 5.41) is 3.02. The van der Waals surface area contributed by atoms with Gasteiger partial charge >= 0.3 is 0 Å². The lowest BCUT2D eigenvalue weighted by Crippen LogP contribution is -2.43. The average molecular weight is 294 g/mol. The third-order valence-corrected chi connectivity index (χ3v) is 5.55. The summed E-state index contributed by atoms with van der Waals surface area (Å²) in [6, 6.07) is 2.51. The van der Waals surface area contributed by atoms with Gasteiger partial charge in [-0.2, -0.15) is 11.8 Å². The number of carbonyl (C=O) groups excluding carboxylic acids is 1.